The van der Waals surface area contributed by atoms with Crippen molar-refractivity contribution >= 4 is 18.4 Å². The van der Waals surface area contributed by atoms with E-state index < -0.39 is 17.4 Å². The number of nitrogens with one attached hydrogen (secondary N) is 1. The van der Waals surface area contributed by atoms with Crippen molar-refractivity contribution in [2.45, 2.75) is 18.9 Å². The van der Waals surface area contributed by atoms with Gasteiger partial charge >= 0.3 is 5.97 Å². The maximum absolute atomic E-state index is 10.7. The van der Waals surface area contributed by atoms with E-state index in [1.54, 1.807) is 6.92 Å². The monoisotopic (exact) mass is 190 g/mol. The van der Waals surface area contributed by atoms with Crippen molar-refractivity contribution in [3.8, 4) is 6.07 Å². The van der Waals surface area contributed by atoms with Gasteiger partial charge in [-0.3, -0.25) is 4.79 Å². The van der Waals surface area contributed by atoms with Crippen LogP contribution < -0.4 is 5.32 Å². The van der Waals surface area contributed by atoms with Crippen LogP contribution >= 0.6 is 12.4 Å². The van der Waals surface area contributed by atoms with Crippen LogP contribution in [0.2, 0.25) is 0 Å². The van der Waals surface area contributed by atoms with E-state index in [1.165, 1.54) is 0 Å². The number of rotatable bonds is 1. The molecule has 0 aliphatic carbocycles. The molecule has 0 aromatic heterocycles. The van der Waals surface area contributed by atoms with Crippen LogP contribution in [0.1, 0.15) is 13.3 Å². The second-order valence-electron chi connectivity index (χ2n) is 2.90. The summed E-state index contributed by atoms with van der Waals surface area (Å²) in [7, 11) is 0. The molecule has 0 bridgehead atoms. The topological polar surface area (TPSA) is 73.1 Å². The van der Waals surface area contributed by atoms with Crippen LogP contribution in [0.25, 0.3) is 0 Å². The van der Waals surface area contributed by atoms with Crippen LogP contribution in [0.5, 0.6) is 0 Å². The van der Waals surface area contributed by atoms with Crippen LogP contribution in [0.15, 0.2) is 0 Å². The Bertz CT molecular complexity index is 226. The van der Waals surface area contributed by atoms with Gasteiger partial charge in [-0.15, -0.1) is 12.4 Å². The molecule has 1 saturated heterocycles. The van der Waals surface area contributed by atoms with Gasteiger partial charge in [-0.25, -0.2) is 0 Å². The van der Waals surface area contributed by atoms with Crippen LogP contribution in [0.4, 0.5) is 0 Å². The largest absolute Gasteiger partial charge is 0.480 e. The molecule has 5 heteroatoms. The zero-order valence-electron chi connectivity index (χ0n) is 6.70. The lowest BCUT2D eigenvalue weighted by molar-refractivity contribution is -0.144. The zero-order chi connectivity index (χ0) is 8.48. The fourth-order valence-electron chi connectivity index (χ4n) is 1.31. The first-order valence-electron chi connectivity index (χ1n) is 3.49. The standard InChI is InChI=1S/C7H10N2O2.ClH/c1-7(6(10)11)5(4-8)2-3-9-7;/h5,9H,2-3H2,1H3,(H,10,11);1H/t5?,7-;/m1./s1. The number of nitrogens with zero attached hydrogens (tertiary/aromatic N) is 1. The minimum absolute atomic E-state index is 0. The van der Waals surface area contributed by atoms with E-state index in [0.29, 0.717) is 13.0 Å². The van der Waals surface area contributed by atoms with Gasteiger partial charge in [0.1, 0.15) is 5.54 Å². The van der Waals surface area contributed by atoms with Gasteiger partial charge in [-0.1, -0.05) is 0 Å². The summed E-state index contributed by atoms with van der Waals surface area (Å²) in [5, 5.41) is 20.2. The predicted molar refractivity (Wildman–Crippen MR) is 45.0 cm³/mol. The van der Waals surface area contributed by atoms with E-state index in [4.69, 9.17) is 10.4 Å². The lowest BCUT2D eigenvalue weighted by atomic mass is 9.89. The summed E-state index contributed by atoms with van der Waals surface area (Å²) in [5.41, 5.74) is -1.03. The fourth-order valence-corrected chi connectivity index (χ4v) is 1.31. The molecule has 0 saturated carbocycles. The Labute approximate surface area is 77.0 Å². The molecule has 0 spiro atoms. The zero-order valence-corrected chi connectivity index (χ0v) is 7.52. The van der Waals surface area contributed by atoms with E-state index in [9.17, 15) is 4.79 Å². The Morgan fingerprint density at radius 3 is 2.75 bits per heavy atom. The summed E-state index contributed by atoms with van der Waals surface area (Å²) < 4.78 is 0. The first-order chi connectivity index (χ1) is 5.11. The molecule has 4 nitrogen and oxygen atoms in total. The highest BCUT2D eigenvalue weighted by Gasteiger charge is 2.45. The van der Waals surface area contributed by atoms with Gasteiger partial charge in [-0.05, 0) is 19.9 Å². The van der Waals surface area contributed by atoms with Crippen molar-refractivity contribution in [1.29, 1.82) is 5.26 Å². The number of hydrogen-bond donors (Lipinski definition) is 2. The third kappa shape index (κ3) is 1.52. The number of aliphatic carboxylic acids is 1. The molecule has 1 rings (SSSR count). The molecule has 2 atom stereocenters. The van der Waals surface area contributed by atoms with Gasteiger partial charge in [0, 0.05) is 0 Å². The molecule has 0 amide bonds. The fraction of sp³-hybridized carbons (Fsp3) is 0.714. The Morgan fingerprint density at radius 1 is 1.83 bits per heavy atom. The maximum Gasteiger partial charge on any atom is 0.324 e. The van der Waals surface area contributed by atoms with Crippen LogP contribution in [0.3, 0.4) is 0 Å². The molecule has 68 valence electrons. The average molecular weight is 191 g/mol. The van der Waals surface area contributed by atoms with Crippen molar-refractivity contribution in [2.75, 3.05) is 6.54 Å². The highest BCUT2D eigenvalue weighted by molar-refractivity contribution is 5.85. The molecule has 1 unspecified atom stereocenters. The third-order valence-electron chi connectivity index (χ3n) is 2.22. The van der Waals surface area contributed by atoms with Gasteiger partial charge in [0.15, 0.2) is 0 Å². The van der Waals surface area contributed by atoms with Gasteiger partial charge < -0.3 is 10.4 Å². The number of hydrogen-bond acceptors (Lipinski definition) is 3. The average Bonchev–Trinajstić information content (AvgIpc) is 2.32. The van der Waals surface area contributed by atoms with E-state index in [1.807, 2.05) is 6.07 Å². The SMILES string of the molecule is C[C@@]1(C(=O)O)NCCC1C#N.Cl. The second kappa shape index (κ2) is 3.74. The van der Waals surface area contributed by atoms with Crippen LogP contribution in [-0.2, 0) is 4.79 Å². The minimum atomic E-state index is -1.03. The molecule has 2 N–H and O–H groups in total. The molecule has 0 aromatic carbocycles. The lowest BCUT2D eigenvalue weighted by Gasteiger charge is -2.21. The maximum atomic E-state index is 10.7. The molecule has 0 aromatic rings. The van der Waals surface area contributed by atoms with Gasteiger partial charge in [0.05, 0.1) is 12.0 Å². The molecule has 1 aliphatic rings. The van der Waals surface area contributed by atoms with Gasteiger partial charge in [-0.2, -0.15) is 5.26 Å². The Balaban J connectivity index is 0.00000121. The van der Waals surface area contributed by atoms with Crippen molar-refractivity contribution in [3.63, 3.8) is 0 Å². The van der Waals surface area contributed by atoms with E-state index >= 15 is 0 Å². The first-order valence-corrected chi connectivity index (χ1v) is 3.49. The Hall–Kier alpha value is -0.790. The molecular weight excluding hydrogens is 180 g/mol. The van der Waals surface area contributed by atoms with Crippen molar-refractivity contribution in [1.82, 2.24) is 5.32 Å². The van der Waals surface area contributed by atoms with E-state index in [-0.39, 0.29) is 12.4 Å². The number of halogens is 1. The molecule has 12 heavy (non-hydrogen) atoms. The summed E-state index contributed by atoms with van der Waals surface area (Å²) in [6.07, 6.45) is 0.624. The smallest absolute Gasteiger partial charge is 0.324 e. The molecule has 1 aliphatic heterocycles. The minimum Gasteiger partial charge on any atom is -0.480 e. The molecule has 0 radical (unpaired) electrons. The highest BCUT2D eigenvalue weighted by Crippen LogP contribution is 2.25. The number of nitriles is 1. The summed E-state index contributed by atoms with van der Waals surface area (Å²) in [4.78, 5) is 10.7. The predicted octanol–water partition coefficient (Wildman–Crippen LogP) is 0.385. The van der Waals surface area contributed by atoms with Crippen LogP contribution in [-0.4, -0.2) is 23.2 Å². The summed E-state index contributed by atoms with van der Waals surface area (Å²) in [6, 6.07) is 1.99. The molecule has 1 heterocycles. The Morgan fingerprint density at radius 2 is 2.42 bits per heavy atom. The number of carbonyl (C=O) groups is 1. The highest BCUT2D eigenvalue weighted by atomic mass is 35.5. The van der Waals surface area contributed by atoms with Crippen LogP contribution in [0, 0.1) is 17.2 Å². The second-order valence-corrected chi connectivity index (χ2v) is 2.90. The molecule has 1 fully saturated rings. The summed E-state index contributed by atoms with van der Waals surface area (Å²) in [5.74, 6) is -1.35. The lowest BCUT2D eigenvalue weighted by Crippen LogP contribution is -2.48. The third-order valence-corrected chi connectivity index (χ3v) is 2.22. The van der Waals surface area contributed by atoms with Crippen molar-refractivity contribution in [2.24, 2.45) is 5.92 Å². The van der Waals surface area contributed by atoms with E-state index in [0.717, 1.165) is 0 Å². The normalized spacial score (nSPS) is 33.5. The Kier molecular flexibility index (Phi) is 3.50. The summed E-state index contributed by atoms with van der Waals surface area (Å²) >= 11 is 0. The first kappa shape index (κ1) is 11.2. The number of carboxylic acids is 1. The van der Waals surface area contributed by atoms with Crippen molar-refractivity contribution < 1.29 is 9.90 Å². The quantitative estimate of drug-likeness (QED) is 0.627. The van der Waals surface area contributed by atoms with E-state index in [2.05, 4.69) is 5.32 Å². The van der Waals surface area contributed by atoms with Gasteiger partial charge in [0.25, 0.3) is 0 Å². The number of carboxylic acid groups (broad SMARTS) is 1. The van der Waals surface area contributed by atoms with Crippen molar-refractivity contribution in [3.05, 3.63) is 0 Å². The van der Waals surface area contributed by atoms with Gasteiger partial charge in [0.2, 0.25) is 0 Å². The molecular formula is C7H11ClN2O2. The summed E-state index contributed by atoms with van der Waals surface area (Å²) in [6.45, 7) is 2.16.